The number of ketones is 1. The molecule has 5 rings (SSSR count). The molecule has 0 bridgehead atoms. The quantitative estimate of drug-likeness (QED) is 0.189. The Morgan fingerprint density at radius 3 is 2.46 bits per heavy atom. The number of aromatic carboxylic acids is 1. The van der Waals surface area contributed by atoms with Crippen LogP contribution in [0.5, 0.6) is 11.5 Å². The molecule has 39 heavy (non-hydrogen) atoms. The van der Waals surface area contributed by atoms with Crippen LogP contribution in [0.4, 0.5) is 5.95 Å². The number of anilines is 1. The molecule has 0 aliphatic carbocycles. The number of hydrogen-bond donors (Lipinski definition) is 3. The Hall–Kier alpha value is -5.12. The van der Waals surface area contributed by atoms with Crippen LogP contribution in [0.3, 0.4) is 0 Å². The van der Waals surface area contributed by atoms with Crippen molar-refractivity contribution in [1.29, 1.82) is 0 Å². The van der Waals surface area contributed by atoms with E-state index >= 15 is 0 Å². The number of rotatable bonds is 6. The first-order chi connectivity index (χ1) is 18.6. The van der Waals surface area contributed by atoms with Gasteiger partial charge in [0.1, 0.15) is 17.3 Å². The van der Waals surface area contributed by atoms with Crippen LogP contribution < -0.4 is 14.4 Å². The average molecular weight is 528 g/mol. The summed E-state index contributed by atoms with van der Waals surface area (Å²) in [4.78, 5) is 47.2. The number of hydrogen-bond acceptors (Lipinski definition) is 7. The number of benzene rings is 3. The number of nitrogens with one attached hydrogen (secondary N) is 1. The summed E-state index contributed by atoms with van der Waals surface area (Å²) in [6, 6.07) is 13.6. The molecule has 10 heteroatoms. The zero-order valence-corrected chi connectivity index (χ0v) is 21.6. The predicted octanol–water partition coefficient (Wildman–Crippen LogP) is 4.52. The third kappa shape index (κ3) is 4.25. The monoisotopic (exact) mass is 527 g/mol. The van der Waals surface area contributed by atoms with Gasteiger partial charge in [0, 0.05) is 0 Å². The van der Waals surface area contributed by atoms with Crippen molar-refractivity contribution in [3.63, 3.8) is 0 Å². The summed E-state index contributed by atoms with van der Waals surface area (Å²) < 4.78 is 10.9. The molecule has 0 spiro atoms. The molecule has 2 heterocycles. The highest BCUT2D eigenvalue weighted by atomic mass is 16.5. The molecule has 3 aromatic carbocycles. The third-order valence-corrected chi connectivity index (χ3v) is 6.68. The Kier molecular flexibility index (Phi) is 6.31. The number of ether oxygens (including phenoxy) is 2. The van der Waals surface area contributed by atoms with Crippen molar-refractivity contribution in [3.8, 4) is 11.5 Å². The minimum absolute atomic E-state index is 0.0221. The molecule has 1 fully saturated rings. The summed E-state index contributed by atoms with van der Waals surface area (Å²) in [5.41, 5.74) is 2.99. The van der Waals surface area contributed by atoms with Gasteiger partial charge in [0.05, 0.1) is 48.0 Å². The number of aliphatic hydroxyl groups excluding tert-OH is 1. The fraction of sp³-hybridized carbons (Fsp3) is 0.172. The van der Waals surface area contributed by atoms with Crippen molar-refractivity contribution in [1.82, 2.24) is 9.97 Å². The van der Waals surface area contributed by atoms with E-state index < -0.39 is 29.5 Å². The standard InChI is InChI=1S/C29H25N3O7/c1-14-10-15(2)26(39-4)19(11-14)24(33)22-23(16-6-5-7-18(12-16)38-3)32(27(35)25(22)34)29-30-20-9-8-17(28(36)37)13-21(20)31-29/h5-13,23,33H,1-4H3,(H,30,31)(H,36,37)/b24-22+. The number of carboxylic acids is 1. The van der Waals surface area contributed by atoms with E-state index in [0.29, 0.717) is 28.1 Å². The number of aromatic amines is 1. The molecule has 3 N–H and O–H groups in total. The second-order valence-corrected chi connectivity index (χ2v) is 9.21. The van der Waals surface area contributed by atoms with Gasteiger partial charge in [-0.3, -0.25) is 14.5 Å². The Labute approximate surface area is 223 Å². The molecule has 198 valence electrons. The predicted molar refractivity (Wildman–Crippen MR) is 143 cm³/mol. The Morgan fingerprint density at radius 2 is 1.77 bits per heavy atom. The van der Waals surface area contributed by atoms with E-state index in [9.17, 15) is 24.6 Å². The molecule has 1 aromatic heterocycles. The van der Waals surface area contributed by atoms with Crippen molar-refractivity contribution < 1.29 is 34.1 Å². The van der Waals surface area contributed by atoms with Crippen LogP contribution in [-0.2, 0) is 9.59 Å². The lowest BCUT2D eigenvalue weighted by Gasteiger charge is -2.23. The molecule has 10 nitrogen and oxygen atoms in total. The molecular weight excluding hydrogens is 502 g/mol. The lowest BCUT2D eigenvalue weighted by atomic mass is 9.93. The van der Waals surface area contributed by atoms with Crippen molar-refractivity contribution in [2.75, 3.05) is 19.1 Å². The van der Waals surface area contributed by atoms with Crippen LogP contribution in [0.15, 0.2) is 60.2 Å². The average Bonchev–Trinajstić information content (AvgIpc) is 3.45. The van der Waals surface area contributed by atoms with Gasteiger partial charge in [0.25, 0.3) is 5.78 Å². The first-order valence-electron chi connectivity index (χ1n) is 12.0. The number of nitrogens with zero attached hydrogens (tertiary/aromatic N) is 2. The number of fused-ring (bicyclic) bond motifs is 1. The zero-order valence-electron chi connectivity index (χ0n) is 21.6. The lowest BCUT2D eigenvalue weighted by Crippen LogP contribution is -2.30. The lowest BCUT2D eigenvalue weighted by molar-refractivity contribution is -0.132. The maximum absolute atomic E-state index is 13.6. The molecule has 0 saturated carbocycles. The second-order valence-electron chi connectivity index (χ2n) is 9.21. The summed E-state index contributed by atoms with van der Waals surface area (Å²) >= 11 is 0. The van der Waals surface area contributed by atoms with Crippen LogP contribution in [-0.4, -0.2) is 52.1 Å². The molecule has 0 radical (unpaired) electrons. The third-order valence-electron chi connectivity index (χ3n) is 6.68. The SMILES string of the molecule is COc1cccc(C2/C(=C(\O)c3cc(C)cc(C)c3OC)C(=O)C(=O)N2c2nc3ccc(C(=O)O)cc3[nH]2)c1. The van der Waals surface area contributed by atoms with Gasteiger partial charge in [0.2, 0.25) is 5.95 Å². The van der Waals surface area contributed by atoms with Crippen LogP contribution in [0.1, 0.15) is 38.7 Å². The largest absolute Gasteiger partial charge is 0.507 e. The van der Waals surface area contributed by atoms with Crippen LogP contribution in [0.25, 0.3) is 16.8 Å². The summed E-state index contributed by atoms with van der Waals surface area (Å²) in [5.74, 6) is -2.45. The van der Waals surface area contributed by atoms with E-state index in [1.165, 1.54) is 32.4 Å². The Bertz CT molecular complexity index is 1700. The van der Waals surface area contributed by atoms with E-state index in [1.807, 2.05) is 19.9 Å². The van der Waals surface area contributed by atoms with E-state index in [-0.39, 0.29) is 22.6 Å². The fourth-order valence-electron chi connectivity index (χ4n) is 4.97. The number of aliphatic hydroxyl groups is 1. The molecule has 1 saturated heterocycles. The van der Waals surface area contributed by atoms with Gasteiger partial charge in [-0.15, -0.1) is 0 Å². The maximum atomic E-state index is 13.6. The maximum Gasteiger partial charge on any atom is 0.335 e. The van der Waals surface area contributed by atoms with Gasteiger partial charge in [-0.2, -0.15) is 0 Å². The number of Topliss-reactive ketones (excluding diaryl/α,β-unsaturated/α-hetero) is 1. The minimum Gasteiger partial charge on any atom is -0.507 e. The van der Waals surface area contributed by atoms with Crippen molar-refractivity contribution >= 4 is 40.4 Å². The number of carbonyl (C=O) groups excluding carboxylic acids is 2. The molecule has 1 aliphatic rings. The number of methoxy groups -OCH3 is 2. The van der Waals surface area contributed by atoms with E-state index in [4.69, 9.17) is 9.47 Å². The number of carbonyl (C=O) groups is 3. The number of amides is 1. The van der Waals surface area contributed by atoms with Crippen molar-refractivity contribution in [2.45, 2.75) is 19.9 Å². The topological polar surface area (TPSA) is 142 Å². The first-order valence-corrected chi connectivity index (χ1v) is 12.0. The van der Waals surface area contributed by atoms with Crippen LogP contribution in [0.2, 0.25) is 0 Å². The molecule has 1 amide bonds. The van der Waals surface area contributed by atoms with Gasteiger partial charge in [-0.1, -0.05) is 18.2 Å². The van der Waals surface area contributed by atoms with Gasteiger partial charge in [0.15, 0.2) is 0 Å². The van der Waals surface area contributed by atoms with Crippen molar-refractivity contribution in [3.05, 3.63) is 88.0 Å². The molecule has 1 unspecified atom stereocenters. The van der Waals surface area contributed by atoms with Crippen molar-refractivity contribution in [2.24, 2.45) is 0 Å². The molecule has 4 aromatic rings. The zero-order chi connectivity index (χ0) is 28.0. The number of aryl methyl sites for hydroxylation is 2. The van der Waals surface area contributed by atoms with Crippen LogP contribution >= 0.6 is 0 Å². The Morgan fingerprint density at radius 1 is 1.00 bits per heavy atom. The minimum atomic E-state index is -1.12. The summed E-state index contributed by atoms with van der Waals surface area (Å²) in [6.07, 6.45) is 0. The van der Waals surface area contributed by atoms with E-state index in [1.54, 1.807) is 30.3 Å². The highest BCUT2D eigenvalue weighted by molar-refractivity contribution is 6.51. The smallest absolute Gasteiger partial charge is 0.335 e. The van der Waals surface area contributed by atoms with Gasteiger partial charge < -0.3 is 24.7 Å². The number of H-pyrrole nitrogens is 1. The van der Waals surface area contributed by atoms with Gasteiger partial charge >= 0.3 is 11.9 Å². The molecular formula is C29H25N3O7. The highest BCUT2D eigenvalue weighted by Crippen LogP contribution is 2.44. The number of carboxylic acid groups (broad SMARTS) is 1. The normalized spacial score (nSPS) is 16.6. The highest BCUT2D eigenvalue weighted by Gasteiger charge is 2.48. The number of aromatic nitrogens is 2. The fourth-order valence-corrected chi connectivity index (χ4v) is 4.97. The molecule has 1 atom stereocenters. The van der Waals surface area contributed by atoms with Gasteiger partial charge in [-0.05, 0) is 66.9 Å². The second kappa shape index (κ2) is 9.64. The molecule has 1 aliphatic heterocycles. The van der Waals surface area contributed by atoms with Gasteiger partial charge in [-0.25, -0.2) is 9.78 Å². The van der Waals surface area contributed by atoms with E-state index in [0.717, 1.165) is 16.0 Å². The van der Waals surface area contributed by atoms with E-state index in [2.05, 4.69) is 9.97 Å². The summed E-state index contributed by atoms with van der Waals surface area (Å²) in [7, 11) is 2.96. The van der Waals surface area contributed by atoms with Crippen LogP contribution in [0, 0.1) is 13.8 Å². The summed E-state index contributed by atoms with van der Waals surface area (Å²) in [5, 5.41) is 21.0. The Balaban J connectivity index is 1.77. The summed E-state index contributed by atoms with van der Waals surface area (Å²) in [6.45, 7) is 3.67. The first kappa shape index (κ1) is 25.5. The number of imidazole rings is 1.